The first-order chi connectivity index (χ1) is 13.1. The smallest absolute Gasteiger partial charge is 0.253 e. The van der Waals surface area contributed by atoms with Gasteiger partial charge in [-0.1, -0.05) is 6.07 Å². The van der Waals surface area contributed by atoms with Crippen LogP contribution in [0.5, 0.6) is 5.75 Å². The number of amides is 2. The summed E-state index contributed by atoms with van der Waals surface area (Å²) in [6.07, 6.45) is 4.50. The van der Waals surface area contributed by atoms with Gasteiger partial charge < -0.3 is 20.3 Å². The number of nitrogens with zero attached hydrogens (tertiary/aromatic N) is 2. The van der Waals surface area contributed by atoms with E-state index in [4.69, 9.17) is 10.5 Å². The van der Waals surface area contributed by atoms with E-state index in [0.29, 0.717) is 31.1 Å². The zero-order valence-electron chi connectivity index (χ0n) is 16.3. The van der Waals surface area contributed by atoms with Crippen molar-refractivity contribution in [3.8, 4) is 5.75 Å². The molecule has 1 aromatic carbocycles. The fourth-order valence-electron chi connectivity index (χ4n) is 3.94. The molecule has 148 valence electrons. The van der Waals surface area contributed by atoms with E-state index >= 15 is 0 Å². The predicted molar refractivity (Wildman–Crippen MR) is 105 cm³/mol. The van der Waals surface area contributed by atoms with Gasteiger partial charge in [-0.3, -0.25) is 9.59 Å². The molecule has 2 aliphatic rings. The van der Waals surface area contributed by atoms with Crippen LogP contribution >= 0.6 is 0 Å². The van der Waals surface area contributed by atoms with Crippen molar-refractivity contribution >= 4 is 11.8 Å². The van der Waals surface area contributed by atoms with E-state index in [0.717, 1.165) is 63.2 Å². The maximum absolute atomic E-state index is 13.0. The highest BCUT2D eigenvalue weighted by Gasteiger charge is 2.29. The number of carbonyl (C=O) groups is 2. The summed E-state index contributed by atoms with van der Waals surface area (Å²) in [6.45, 7) is 6.28. The number of piperidine rings is 1. The summed E-state index contributed by atoms with van der Waals surface area (Å²) in [7, 11) is 0. The molecule has 0 bridgehead atoms. The van der Waals surface area contributed by atoms with E-state index in [1.165, 1.54) is 0 Å². The molecule has 1 aromatic rings. The third-order valence-corrected chi connectivity index (χ3v) is 5.50. The van der Waals surface area contributed by atoms with Crippen LogP contribution in [0.25, 0.3) is 0 Å². The van der Waals surface area contributed by atoms with Crippen molar-refractivity contribution < 1.29 is 14.3 Å². The highest BCUT2D eigenvalue weighted by Crippen LogP contribution is 2.24. The highest BCUT2D eigenvalue weighted by atomic mass is 16.5. The first-order valence-corrected chi connectivity index (χ1v) is 10.1. The van der Waals surface area contributed by atoms with E-state index in [1.807, 2.05) is 34.9 Å². The van der Waals surface area contributed by atoms with Crippen LogP contribution in [0.15, 0.2) is 18.2 Å². The number of ether oxygens (including phenoxy) is 1. The lowest BCUT2D eigenvalue weighted by atomic mass is 9.96. The third-order valence-electron chi connectivity index (χ3n) is 5.50. The summed E-state index contributed by atoms with van der Waals surface area (Å²) in [6, 6.07) is 5.66. The van der Waals surface area contributed by atoms with Gasteiger partial charge in [0.15, 0.2) is 0 Å². The molecule has 1 atom stereocenters. The van der Waals surface area contributed by atoms with Crippen LogP contribution in [0, 0.1) is 12.8 Å². The maximum atomic E-state index is 13.0. The lowest BCUT2D eigenvalue weighted by Gasteiger charge is -2.34. The normalized spacial score (nSPS) is 20.2. The van der Waals surface area contributed by atoms with Crippen molar-refractivity contribution in [3.05, 3.63) is 29.3 Å². The zero-order valence-corrected chi connectivity index (χ0v) is 16.3. The summed E-state index contributed by atoms with van der Waals surface area (Å²) < 4.78 is 5.78. The lowest BCUT2D eigenvalue weighted by molar-refractivity contribution is -0.128. The Morgan fingerprint density at radius 1 is 1.30 bits per heavy atom. The minimum absolute atomic E-state index is 0.0520. The van der Waals surface area contributed by atoms with Gasteiger partial charge in [-0.2, -0.15) is 0 Å². The predicted octanol–water partition coefficient (Wildman–Crippen LogP) is 2.20. The zero-order chi connectivity index (χ0) is 19.2. The van der Waals surface area contributed by atoms with Gasteiger partial charge in [0, 0.05) is 38.2 Å². The van der Waals surface area contributed by atoms with E-state index in [9.17, 15) is 9.59 Å². The molecular formula is C21H31N3O3. The van der Waals surface area contributed by atoms with Gasteiger partial charge in [-0.15, -0.1) is 0 Å². The molecule has 2 fully saturated rings. The van der Waals surface area contributed by atoms with Gasteiger partial charge in [-0.25, -0.2) is 0 Å². The van der Waals surface area contributed by atoms with Crippen molar-refractivity contribution in [2.24, 2.45) is 11.7 Å². The molecular weight excluding hydrogens is 342 g/mol. The fourth-order valence-corrected chi connectivity index (χ4v) is 3.94. The van der Waals surface area contributed by atoms with Crippen LogP contribution < -0.4 is 10.5 Å². The Morgan fingerprint density at radius 3 is 2.89 bits per heavy atom. The molecule has 0 aromatic heterocycles. The highest BCUT2D eigenvalue weighted by molar-refractivity contribution is 5.94. The molecule has 0 unspecified atom stereocenters. The Bertz CT molecular complexity index is 677. The van der Waals surface area contributed by atoms with Crippen LogP contribution in [0.1, 0.15) is 48.0 Å². The molecule has 0 saturated carbocycles. The fraction of sp³-hybridized carbons (Fsp3) is 0.619. The molecule has 2 saturated heterocycles. The molecule has 0 radical (unpaired) electrons. The Labute approximate surface area is 161 Å². The average molecular weight is 373 g/mol. The van der Waals surface area contributed by atoms with Gasteiger partial charge in [0.05, 0.1) is 6.61 Å². The summed E-state index contributed by atoms with van der Waals surface area (Å²) in [5.41, 5.74) is 7.21. The SMILES string of the molecule is Cc1ccc(C(=O)N2CCC[C@H](CN3CCCC3=O)C2)cc1OCCCN. The lowest BCUT2D eigenvalue weighted by Crippen LogP contribution is -2.44. The number of benzene rings is 1. The number of carbonyl (C=O) groups excluding carboxylic acids is 2. The minimum atomic E-state index is 0.0520. The molecule has 0 spiro atoms. The van der Waals surface area contributed by atoms with Gasteiger partial charge in [-0.05, 0) is 62.8 Å². The van der Waals surface area contributed by atoms with E-state index in [2.05, 4.69) is 0 Å². The third kappa shape index (κ3) is 5.01. The summed E-state index contributed by atoms with van der Waals surface area (Å²) >= 11 is 0. The first-order valence-electron chi connectivity index (χ1n) is 10.1. The van der Waals surface area contributed by atoms with Crippen molar-refractivity contribution in [1.29, 1.82) is 0 Å². The minimum Gasteiger partial charge on any atom is -0.493 e. The monoisotopic (exact) mass is 373 g/mol. The number of likely N-dealkylation sites (tertiary alicyclic amines) is 2. The van der Waals surface area contributed by atoms with Crippen molar-refractivity contribution in [3.63, 3.8) is 0 Å². The van der Waals surface area contributed by atoms with Crippen LogP contribution in [0.4, 0.5) is 0 Å². The molecule has 6 heteroatoms. The second-order valence-electron chi connectivity index (χ2n) is 7.67. The standard InChI is InChI=1S/C21H31N3O3/c1-16-7-8-18(13-19(16)27-12-4-9-22)21(26)24-11-2-5-17(15-24)14-23-10-3-6-20(23)25/h7-8,13,17H,2-6,9-12,14-15,22H2,1H3/t17-/m1/s1. The molecule has 2 amide bonds. The van der Waals surface area contributed by atoms with Crippen molar-refractivity contribution in [2.45, 2.75) is 39.0 Å². The Kier molecular flexibility index (Phi) is 6.72. The summed E-state index contributed by atoms with van der Waals surface area (Å²) in [4.78, 5) is 28.8. The molecule has 3 rings (SSSR count). The second-order valence-corrected chi connectivity index (χ2v) is 7.67. The summed E-state index contributed by atoms with van der Waals surface area (Å²) in [5.74, 6) is 1.44. The molecule has 2 N–H and O–H groups in total. The van der Waals surface area contributed by atoms with Gasteiger partial charge in [0.25, 0.3) is 5.91 Å². The molecule has 0 aliphatic carbocycles. The quantitative estimate of drug-likeness (QED) is 0.744. The average Bonchev–Trinajstić information content (AvgIpc) is 3.07. The van der Waals surface area contributed by atoms with Crippen LogP contribution in [0.2, 0.25) is 0 Å². The van der Waals surface area contributed by atoms with Gasteiger partial charge in [0.2, 0.25) is 5.91 Å². The first kappa shape index (κ1) is 19.7. The number of nitrogens with two attached hydrogens (primary N) is 1. The molecule has 2 heterocycles. The van der Waals surface area contributed by atoms with Crippen molar-refractivity contribution in [1.82, 2.24) is 9.80 Å². The Hall–Kier alpha value is -2.08. The largest absolute Gasteiger partial charge is 0.493 e. The van der Waals surface area contributed by atoms with E-state index < -0.39 is 0 Å². The van der Waals surface area contributed by atoms with E-state index in [-0.39, 0.29) is 11.8 Å². The van der Waals surface area contributed by atoms with Gasteiger partial charge >= 0.3 is 0 Å². The van der Waals surface area contributed by atoms with Gasteiger partial charge in [0.1, 0.15) is 5.75 Å². The van der Waals surface area contributed by atoms with Crippen LogP contribution in [-0.4, -0.2) is 60.9 Å². The summed E-state index contributed by atoms with van der Waals surface area (Å²) in [5, 5.41) is 0. The number of hydrogen-bond donors (Lipinski definition) is 1. The molecule has 2 aliphatic heterocycles. The number of hydrogen-bond acceptors (Lipinski definition) is 4. The Morgan fingerprint density at radius 2 is 2.15 bits per heavy atom. The van der Waals surface area contributed by atoms with Crippen LogP contribution in [0.3, 0.4) is 0 Å². The molecule has 6 nitrogen and oxygen atoms in total. The Balaban J connectivity index is 1.62. The van der Waals surface area contributed by atoms with E-state index in [1.54, 1.807) is 0 Å². The topological polar surface area (TPSA) is 75.9 Å². The second kappa shape index (κ2) is 9.22. The number of aryl methyl sites for hydroxylation is 1. The van der Waals surface area contributed by atoms with Crippen molar-refractivity contribution in [2.75, 3.05) is 39.3 Å². The van der Waals surface area contributed by atoms with Crippen LogP contribution in [-0.2, 0) is 4.79 Å². The maximum Gasteiger partial charge on any atom is 0.253 e. The molecule has 27 heavy (non-hydrogen) atoms. The number of rotatable bonds is 7.